The number of piperidine rings is 2. The number of amides is 2. The zero-order valence-corrected chi connectivity index (χ0v) is 27.2. The first-order valence-electron chi connectivity index (χ1n) is 16.9. The molecule has 264 valence electrons. The monoisotopic (exact) mass is 676 g/mol. The quantitative estimate of drug-likeness (QED) is 0.241. The van der Waals surface area contributed by atoms with Crippen LogP contribution in [0.15, 0.2) is 10.2 Å². The van der Waals surface area contributed by atoms with Gasteiger partial charge in [-0.05, 0) is 11.1 Å². The Labute approximate surface area is 277 Å². The lowest BCUT2D eigenvalue weighted by Gasteiger charge is -2.56. The minimum Gasteiger partial charge on any atom is -0.349 e. The van der Waals surface area contributed by atoms with Gasteiger partial charge in [0.15, 0.2) is 23.1 Å². The summed E-state index contributed by atoms with van der Waals surface area (Å²) in [5, 5.41) is 6.74. The summed E-state index contributed by atoms with van der Waals surface area (Å²) in [7, 11) is 0. The van der Waals surface area contributed by atoms with E-state index in [-0.39, 0.29) is 35.7 Å². The fourth-order valence-electron chi connectivity index (χ4n) is 7.69. The van der Waals surface area contributed by atoms with Crippen molar-refractivity contribution in [1.82, 2.24) is 9.80 Å². The molecule has 0 atom stereocenters. The SMILES string of the molecule is [N-]=[N+]=NCC(=O)N1CCC2(CC1)OCC1(CO2)COC2(CCC3(CC2)OCC2(COC4(CCN(C(=O)CN=[N+]=[N-])CC4)OC2)CO3)OC1. The van der Waals surface area contributed by atoms with Crippen LogP contribution in [0.25, 0.3) is 20.9 Å². The van der Waals surface area contributed by atoms with Gasteiger partial charge >= 0.3 is 0 Å². The van der Waals surface area contributed by atoms with Crippen LogP contribution in [0, 0.1) is 10.8 Å². The Kier molecular flexibility index (Phi) is 9.26. The van der Waals surface area contributed by atoms with Gasteiger partial charge in [-0.3, -0.25) is 9.59 Å². The van der Waals surface area contributed by atoms with E-state index >= 15 is 0 Å². The maximum absolute atomic E-state index is 12.2. The molecular formula is C30H44N8O10. The standard InChI is InChI=1S/C30H44N8O10/c31-35-33-13-23(39)37-9-5-29(6-10-37)45-19-25(20-46-29)15-41-27(42-16-25)1-2-28(4-3-27)43-17-26(18-44-28)21-47-30(48-22-26)7-11-38(12-8-30)24(40)14-34-36-32/h1-22H2. The van der Waals surface area contributed by atoms with Gasteiger partial charge in [0.25, 0.3) is 0 Å². The van der Waals surface area contributed by atoms with Gasteiger partial charge in [0, 0.05) is 87.4 Å². The number of rotatable bonds is 4. The Balaban J connectivity index is 0.828. The maximum atomic E-state index is 12.2. The average molecular weight is 677 g/mol. The maximum Gasteiger partial charge on any atom is 0.228 e. The second kappa shape index (κ2) is 13.2. The van der Waals surface area contributed by atoms with E-state index in [9.17, 15) is 9.59 Å². The lowest BCUT2D eigenvalue weighted by molar-refractivity contribution is -0.404. The fourth-order valence-corrected chi connectivity index (χ4v) is 7.69. The van der Waals surface area contributed by atoms with Crippen LogP contribution in [0.1, 0.15) is 51.4 Å². The largest absolute Gasteiger partial charge is 0.349 e. The molecule has 7 rings (SSSR count). The molecule has 1 saturated carbocycles. The van der Waals surface area contributed by atoms with Crippen molar-refractivity contribution in [2.24, 2.45) is 21.1 Å². The summed E-state index contributed by atoms with van der Waals surface area (Å²) in [5.41, 5.74) is 16.2. The average Bonchev–Trinajstić information content (AvgIpc) is 3.13. The molecule has 0 aromatic heterocycles. The summed E-state index contributed by atoms with van der Waals surface area (Å²) in [6.07, 6.45) is 4.81. The number of carbonyl (C=O) groups excluding carboxylic acids is 2. The number of hydrogen-bond donors (Lipinski definition) is 0. The van der Waals surface area contributed by atoms with Crippen LogP contribution >= 0.6 is 0 Å². The van der Waals surface area contributed by atoms with Gasteiger partial charge in [-0.2, -0.15) is 0 Å². The molecule has 6 aliphatic heterocycles. The van der Waals surface area contributed by atoms with Gasteiger partial charge in [0.05, 0.1) is 63.7 Å². The third-order valence-electron chi connectivity index (χ3n) is 11.2. The Bertz CT molecular complexity index is 1180. The molecule has 7 aliphatic rings. The first kappa shape index (κ1) is 33.7. The highest BCUT2D eigenvalue weighted by Crippen LogP contribution is 2.49. The lowest BCUT2D eigenvalue weighted by Crippen LogP contribution is -2.63. The minimum absolute atomic E-state index is 0.176. The molecule has 0 radical (unpaired) electrons. The summed E-state index contributed by atoms with van der Waals surface area (Å²) in [6.45, 7) is 5.27. The molecule has 0 N–H and O–H groups in total. The van der Waals surface area contributed by atoms with E-state index in [1.165, 1.54) is 0 Å². The fraction of sp³-hybridized carbons (Fsp3) is 0.933. The van der Waals surface area contributed by atoms with Crippen molar-refractivity contribution < 1.29 is 47.5 Å². The Hall–Kier alpha value is -2.76. The summed E-state index contributed by atoms with van der Waals surface area (Å²) in [4.78, 5) is 33.1. The van der Waals surface area contributed by atoms with Crippen LogP contribution in [0.3, 0.4) is 0 Å². The minimum atomic E-state index is -0.720. The highest BCUT2D eigenvalue weighted by molar-refractivity contribution is 5.78. The number of likely N-dealkylation sites (tertiary alicyclic amines) is 2. The highest BCUT2D eigenvalue weighted by atomic mass is 16.7. The third kappa shape index (κ3) is 6.71. The molecule has 18 nitrogen and oxygen atoms in total. The van der Waals surface area contributed by atoms with Crippen LogP contribution in [0.2, 0.25) is 0 Å². The molecule has 0 bridgehead atoms. The van der Waals surface area contributed by atoms with Gasteiger partial charge in [-0.15, -0.1) is 0 Å². The number of carbonyl (C=O) groups is 2. The molecule has 6 heterocycles. The van der Waals surface area contributed by atoms with Gasteiger partial charge in [-0.1, -0.05) is 10.2 Å². The van der Waals surface area contributed by atoms with E-state index in [0.717, 1.165) is 0 Å². The zero-order valence-electron chi connectivity index (χ0n) is 27.2. The van der Waals surface area contributed by atoms with Crippen LogP contribution in [-0.2, 0) is 47.5 Å². The van der Waals surface area contributed by atoms with Gasteiger partial charge < -0.3 is 47.7 Å². The topological polar surface area (TPSA) is 212 Å². The summed E-state index contributed by atoms with van der Waals surface area (Å²) >= 11 is 0. The molecule has 48 heavy (non-hydrogen) atoms. The van der Waals surface area contributed by atoms with Crippen molar-refractivity contribution in [3.63, 3.8) is 0 Å². The molecule has 6 spiro atoms. The van der Waals surface area contributed by atoms with Crippen LogP contribution < -0.4 is 0 Å². The predicted octanol–water partition coefficient (Wildman–Crippen LogP) is 2.37. The van der Waals surface area contributed by atoms with Crippen molar-refractivity contribution in [3.8, 4) is 0 Å². The molecule has 6 saturated heterocycles. The van der Waals surface area contributed by atoms with E-state index in [2.05, 4.69) is 20.1 Å². The highest BCUT2D eigenvalue weighted by Gasteiger charge is 2.57. The first-order chi connectivity index (χ1) is 23.2. The van der Waals surface area contributed by atoms with Crippen LogP contribution in [-0.4, -0.2) is 137 Å². The summed E-state index contributed by atoms with van der Waals surface area (Å²) in [5.74, 6) is -3.19. The van der Waals surface area contributed by atoms with Gasteiger partial charge in [0.2, 0.25) is 11.8 Å². The normalized spacial score (nSPS) is 29.4. The van der Waals surface area contributed by atoms with Crippen molar-refractivity contribution >= 4 is 11.8 Å². The van der Waals surface area contributed by atoms with Gasteiger partial charge in [-0.25, -0.2) is 0 Å². The Morgan fingerprint density at radius 1 is 0.479 bits per heavy atom. The number of ether oxygens (including phenoxy) is 8. The van der Waals surface area contributed by atoms with Crippen molar-refractivity contribution in [1.29, 1.82) is 0 Å². The van der Waals surface area contributed by atoms with E-state index < -0.39 is 23.1 Å². The van der Waals surface area contributed by atoms with Crippen molar-refractivity contribution in [3.05, 3.63) is 20.9 Å². The Morgan fingerprint density at radius 2 is 0.729 bits per heavy atom. The van der Waals surface area contributed by atoms with Crippen molar-refractivity contribution in [2.45, 2.75) is 74.5 Å². The number of nitrogens with zero attached hydrogens (tertiary/aromatic N) is 8. The molecule has 7 fully saturated rings. The molecule has 18 heteroatoms. The molecular weight excluding hydrogens is 632 g/mol. The third-order valence-corrected chi connectivity index (χ3v) is 11.2. The molecule has 0 aromatic carbocycles. The predicted molar refractivity (Wildman–Crippen MR) is 162 cm³/mol. The van der Waals surface area contributed by atoms with E-state index in [1.54, 1.807) is 9.80 Å². The summed E-state index contributed by atoms with van der Waals surface area (Å²) in [6, 6.07) is 0. The Morgan fingerprint density at radius 3 is 0.979 bits per heavy atom. The van der Waals surface area contributed by atoms with Crippen molar-refractivity contribution in [2.75, 3.05) is 92.1 Å². The number of hydrogen-bond acceptors (Lipinski definition) is 12. The van der Waals surface area contributed by atoms with E-state index in [1.807, 2.05) is 0 Å². The molecule has 1 aliphatic carbocycles. The second-order valence-electron chi connectivity index (χ2n) is 14.5. The molecule has 0 unspecified atom stereocenters. The second-order valence-corrected chi connectivity index (χ2v) is 14.5. The van der Waals surface area contributed by atoms with E-state index in [0.29, 0.717) is 130 Å². The van der Waals surface area contributed by atoms with Crippen LogP contribution in [0.5, 0.6) is 0 Å². The zero-order chi connectivity index (χ0) is 33.4. The van der Waals surface area contributed by atoms with Crippen LogP contribution in [0.4, 0.5) is 0 Å². The van der Waals surface area contributed by atoms with Gasteiger partial charge in [0.1, 0.15) is 13.1 Å². The van der Waals surface area contributed by atoms with E-state index in [4.69, 9.17) is 49.0 Å². The smallest absolute Gasteiger partial charge is 0.228 e. The number of azide groups is 2. The summed E-state index contributed by atoms with van der Waals surface area (Å²) < 4.78 is 51.0. The molecule has 0 aromatic rings. The lowest BCUT2D eigenvalue weighted by atomic mass is 9.83. The first-order valence-corrected chi connectivity index (χ1v) is 16.9. The molecule has 2 amide bonds.